The van der Waals surface area contributed by atoms with E-state index in [9.17, 15) is 14.7 Å². The predicted molar refractivity (Wildman–Crippen MR) is 217 cm³/mol. The molecule has 0 aliphatic carbocycles. The van der Waals surface area contributed by atoms with Crippen molar-refractivity contribution in [2.24, 2.45) is 0 Å². The fourth-order valence-electron chi connectivity index (χ4n) is 6.30. The maximum absolute atomic E-state index is 12.5. The molecule has 1 aromatic rings. The summed E-state index contributed by atoms with van der Waals surface area (Å²) in [6, 6.07) is 0. The number of ether oxygens (including phenoxy) is 3. The van der Waals surface area contributed by atoms with Crippen LogP contribution in [0.1, 0.15) is 187 Å². The molecular weight excluding hydrogens is 666 g/mol. The number of hydrogen-bond donors (Lipinski definition) is 2. The normalized spacial score (nSPS) is 12.9. The van der Waals surface area contributed by atoms with E-state index < -0.39 is 6.41 Å². The molecular formula is C44H79N3O6. The first-order valence-electron chi connectivity index (χ1n) is 21.6. The number of aliphatic hydroxyl groups is 1. The van der Waals surface area contributed by atoms with Crippen LogP contribution < -0.4 is 5.32 Å². The Bertz CT molecular complexity index is 1040. The number of esters is 2. The second kappa shape index (κ2) is 36.5. The van der Waals surface area contributed by atoms with Gasteiger partial charge in [0.25, 0.3) is 0 Å². The van der Waals surface area contributed by atoms with Crippen molar-refractivity contribution in [3.63, 3.8) is 0 Å². The molecule has 0 saturated carbocycles. The molecule has 0 spiro atoms. The molecule has 2 N–H and O–H groups in total. The first-order valence-corrected chi connectivity index (χ1v) is 21.6. The van der Waals surface area contributed by atoms with Crippen molar-refractivity contribution < 1.29 is 28.9 Å². The molecule has 0 radical (unpaired) electrons. The first-order chi connectivity index (χ1) is 26.0. The topological polar surface area (TPSA) is 112 Å². The van der Waals surface area contributed by atoms with E-state index in [1.54, 1.807) is 6.20 Å². The molecule has 9 heteroatoms. The van der Waals surface area contributed by atoms with Crippen LogP contribution in [0.2, 0.25) is 0 Å². The number of carbonyl (C=O) groups excluding carboxylic acids is 2. The summed E-state index contributed by atoms with van der Waals surface area (Å²) in [6.45, 7) is 7.99. The summed E-state index contributed by atoms with van der Waals surface area (Å²) in [4.78, 5) is 28.9. The minimum Gasteiger partial charge on any atom is -0.462 e. The Balaban J connectivity index is 2.19. The number of rotatable bonds is 38. The lowest BCUT2D eigenvalue weighted by molar-refractivity contribution is -0.163. The van der Waals surface area contributed by atoms with E-state index in [1.807, 2.05) is 13.1 Å². The number of aromatic nitrogens is 2. The van der Waals surface area contributed by atoms with Crippen molar-refractivity contribution >= 4 is 11.9 Å². The summed E-state index contributed by atoms with van der Waals surface area (Å²) < 4.78 is 18.7. The maximum atomic E-state index is 12.5. The Morgan fingerprint density at radius 2 is 1.26 bits per heavy atom. The summed E-state index contributed by atoms with van der Waals surface area (Å²) >= 11 is 0. The van der Waals surface area contributed by atoms with Crippen LogP contribution in [0, 0.1) is 6.92 Å². The fraction of sp³-hybridized carbons (Fsp3) is 0.795. The standard InChI is InChI=1S/C44H79N3O6/c1-4-6-8-10-12-14-16-17-18-19-20-22-24-26-28-31-42(48)51-38-39-52-43(49)33-32-41(30-27-25-23-21-15-13-11-9-7-5-2)53-44(50)46-34-29-36-47-37-35-45-40(47)3/h12,14,17-18,35,37,41,44,46,50H,4-11,13,15-16,19-34,36,38-39H2,1-3H3/b14-12-,18-17-. The molecule has 2 atom stereocenters. The van der Waals surface area contributed by atoms with Gasteiger partial charge in [-0.1, -0.05) is 134 Å². The van der Waals surface area contributed by atoms with Crippen molar-refractivity contribution in [1.82, 2.24) is 14.9 Å². The second-order valence-electron chi connectivity index (χ2n) is 14.5. The average Bonchev–Trinajstić information content (AvgIpc) is 3.57. The van der Waals surface area contributed by atoms with Gasteiger partial charge in [-0.3, -0.25) is 14.9 Å². The van der Waals surface area contributed by atoms with E-state index in [0.717, 1.165) is 70.2 Å². The number of hydrogen-bond acceptors (Lipinski definition) is 8. The molecule has 0 fully saturated rings. The van der Waals surface area contributed by atoms with Crippen LogP contribution in [0.3, 0.4) is 0 Å². The lowest BCUT2D eigenvalue weighted by Crippen LogP contribution is -2.36. The molecule has 0 aliphatic heterocycles. The molecule has 0 aliphatic rings. The highest BCUT2D eigenvalue weighted by Gasteiger charge is 2.17. The van der Waals surface area contributed by atoms with Crippen molar-refractivity contribution in [2.75, 3.05) is 19.8 Å². The van der Waals surface area contributed by atoms with Crippen molar-refractivity contribution in [2.45, 2.75) is 207 Å². The number of carbonyl (C=O) groups is 2. The molecule has 9 nitrogen and oxygen atoms in total. The van der Waals surface area contributed by atoms with Gasteiger partial charge in [0.2, 0.25) is 6.41 Å². The van der Waals surface area contributed by atoms with Gasteiger partial charge in [-0.25, -0.2) is 4.98 Å². The first kappa shape index (κ1) is 48.5. The smallest absolute Gasteiger partial charge is 0.306 e. The summed E-state index contributed by atoms with van der Waals surface area (Å²) in [5.74, 6) is 0.388. The lowest BCUT2D eigenvalue weighted by Gasteiger charge is -2.22. The van der Waals surface area contributed by atoms with E-state index in [2.05, 4.69) is 53.0 Å². The highest BCUT2D eigenvalue weighted by Crippen LogP contribution is 2.17. The van der Waals surface area contributed by atoms with E-state index in [1.165, 1.54) is 89.9 Å². The van der Waals surface area contributed by atoms with Gasteiger partial charge >= 0.3 is 11.9 Å². The third kappa shape index (κ3) is 31.6. The molecule has 1 rings (SSSR count). The largest absolute Gasteiger partial charge is 0.462 e. The van der Waals surface area contributed by atoms with Crippen LogP contribution in [-0.2, 0) is 30.3 Å². The summed E-state index contributed by atoms with van der Waals surface area (Å²) in [7, 11) is 0. The summed E-state index contributed by atoms with van der Waals surface area (Å²) in [5.41, 5.74) is 0. The van der Waals surface area contributed by atoms with Gasteiger partial charge in [0.1, 0.15) is 19.0 Å². The number of aryl methyl sites for hydroxylation is 2. The Morgan fingerprint density at radius 1 is 0.717 bits per heavy atom. The minimum atomic E-state index is -1.10. The van der Waals surface area contributed by atoms with E-state index in [-0.39, 0.29) is 37.7 Å². The summed E-state index contributed by atoms with van der Waals surface area (Å²) in [6.07, 6.45) is 39.2. The Labute approximate surface area is 324 Å². The molecule has 2 unspecified atom stereocenters. The SMILES string of the molecule is CCCCC/C=C\C/C=C\CCCCCCCC(=O)OCCOC(=O)CCC(CCCCCCCCCCCC)OC(O)NCCCn1ccnc1C. The molecule has 0 bridgehead atoms. The Morgan fingerprint density at radius 3 is 1.89 bits per heavy atom. The van der Waals surface area contributed by atoms with E-state index in [4.69, 9.17) is 14.2 Å². The van der Waals surface area contributed by atoms with Crippen LogP contribution >= 0.6 is 0 Å². The Hall–Kier alpha value is -2.49. The second-order valence-corrected chi connectivity index (χ2v) is 14.5. The van der Waals surface area contributed by atoms with Gasteiger partial charge in [0.05, 0.1) is 6.10 Å². The number of imidazole rings is 1. The van der Waals surface area contributed by atoms with E-state index >= 15 is 0 Å². The lowest BCUT2D eigenvalue weighted by atomic mass is 10.0. The van der Waals surface area contributed by atoms with Crippen LogP contribution in [0.15, 0.2) is 36.7 Å². The van der Waals surface area contributed by atoms with Crippen LogP contribution in [-0.4, -0.2) is 58.9 Å². The molecule has 0 saturated heterocycles. The van der Waals surface area contributed by atoms with Crippen molar-refractivity contribution in [1.29, 1.82) is 0 Å². The van der Waals surface area contributed by atoms with Crippen LogP contribution in [0.5, 0.6) is 0 Å². The number of nitrogens with zero attached hydrogens (tertiary/aromatic N) is 2. The molecule has 0 amide bonds. The number of nitrogens with one attached hydrogen (secondary N) is 1. The maximum Gasteiger partial charge on any atom is 0.306 e. The summed E-state index contributed by atoms with van der Waals surface area (Å²) in [5, 5.41) is 13.6. The monoisotopic (exact) mass is 746 g/mol. The number of aliphatic hydroxyl groups excluding tert-OH is 1. The zero-order chi connectivity index (χ0) is 38.5. The van der Waals surface area contributed by atoms with E-state index in [0.29, 0.717) is 19.4 Å². The molecule has 53 heavy (non-hydrogen) atoms. The van der Waals surface area contributed by atoms with Gasteiger partial charge in [-0.2, -0.15) is 0 Å². The highest BCUT2D eigenvalue weighted by atomic mass is 16.6. The zero-order valence-corrected chi connectivity index (χ0v) is 34.2. The third-order valence-corrected chi connectivity index (χ3v) is 9.63. The van der Waals surface area contributed by atoms with Gasteiger partial charge < -0.3 is 23.9 Å². The fourth-order valence-corrected chi connectivity index (χ4v) is 6.30. The van der Waals surface area contributed by atoms with Gasteiger partial charge in [0, 0.05) is 38.3 Å². The molecule has 1 aromatic heterocycles. The molecule has 1 heterocycles. The quantitative estimate of drug-likeness (QED) is 0.0298. The minimum absolute atomic E-state index is 0.0529. The van der Waals surface area contributed by atoms with Crippen LogP contribution in [0.25, 0.3) is 0 Å². The third-order valence-electron chi connectivity index (χ3n) is 9.63. The predicted octanol–water partition coefficient (Wildman–Crippen LogP) is 10.8. The molecule has 0 aromatic carbocycles. The zero-order valence-electron chi connectivity index (χ0n) is 34.2. The number of allylic oxidation sites excluding steroid dienone is 4. The van der Waals surface area contributed by atoms with Gasteiger partial charge in [-0.15, -0.1) is 0 Å². The van der Waals surface area contributed by atoms with Crippen molar-refractivity contribution in [3.8, 4) is 0 Å². The van der Waals surface area contributed by atoms with Crippen LogP contribution in [0.4, 0.5) is 0 Å². The van der Waals surface area contributed by atoms with Gasteiger partial charge in [-0.05, 0) is 64.7 Å². The van der Waals surface area contributed by atoms with Gasteiger partial charge in [0.15, 0.2) is 0 Å². The average molecular weight is 746 g/mol. The molecule has 306 valence electrons. The highest BCUT2D eigenvalue weighted by molar-refractivity contribution is 5.70. The number of unbranched alkanes of at least 4 members (excludes halogenated alkanes) is 17. The van der Waals surface area contributed by atoms with Crippen molar-refractivity contribution in [3.05, 3.63) is 42.5 Å². The Kier molecular flexibility index (Phi) is 33.4.